The van der Waals surface area contributed by atoms with Crippen molar-refractivity contribution in [1.82, 2.24) is 24.1 Å². The van der Waals surface area contributed by atoms with Crippen molar-refractivity contribution in [2.24, 2.45) is 0 Å². The number of hydrogen-bond acceptors (Lipinski definition) is 3. The first-order valence-corrected chi connectivity index (χ1v) is 10.5. The molecule has 32 heavy (non-hydrogen) atoms. The van der Waals surface area contributed by atoms with Crippen LogP contribution in [0.4, 0.5) is 0 Å². The molecule has 0 saturated carbocycles. The molecule has 0 unspecified atom stereocenters. The Bertz CT molecular complexity index is 1760. The van der Waals surface area contributed by atoms with Gasteiger partial charge in [-0.3, -0.25) is 4.57 Å². The monoisotopic (exact) mass is 411 g/mol. The van der Waals surface area contributed by atoms with Crippen molar-refractivity contribution < 1.29 is 0 Å². The van der Waals surface area contributed by atoms with E-state index in [4.69, 9.17) is 0 Å². The van der Waals surface area contributed by atoms with Crippen molar-refractivity contribution in [3.63, 3.8) is 0 Å². The Morgan fingerprint density at radius 3 is 1.94 bits per heavy atom. The molecular formula is C27H17N5. The van der Waals surface area contributed by atoms with E-state index >= 15 is 0 Å². The predicted molar refractivity (Wildman–Crippen MR) is 129 cm³/mol. The van der Waals surface area contributed by atoms with E-state index < -0.39 is 0 Å². The fourth-order valence-corrected chi connectivity index (χ4v) is 4.92. The number of aromatic nitrogens is 5. The minimum Gasteiger partial charge on any atom is -0.309 e. The molecule has 0 amide bonds. The average Bonchev–Trinajstić information content (AvgIpc) is 3.38. The molecule has 0 spiro atoms. The zero-order chi connectivity index (χ0) is 21.1. The lowest BCUT2D eigenvalue weighted by atomic mass is 10.1. The summed E-state index contributed by atoms with van der Waals surface area (Å²) >= 11 is 0. The number of benzene rings is 4. The molecule has 0 bridgehead atoms. The number of rotatable bonds is 2. The van der Waals surface area contributed by atoms with Gasteiger partial charge in [0, 0.05) is 27.2 Å². The van der Waals surface area contributed by atoms with Gasteiger partial charge in [-0.15, -0.1) is 0 Å². The van der Waals surface area contributed by atoms with Gasteiger partial charge in [-0.05, 0) is 30.3 Å². The molecule has 0 aliphatic carbocycles. The summed E-state index contributed by atoms with van der Waals surface area (Å²) in [6, 6.07) is 32.0. The quantitative estimate of drug-likeness (QED) is 0.347. The van der Waals surface area contributed by atoms with E-state index in [-0.39, 0.29) is 0 Å². The topological polar surface area (TPSA) is 48.5 Å². The van der Waals surface area contributed by atoms with Crippen molar-refractivity contribution in [2.75, 3.05) is 0 Å². The Morgan fingerprint density at radius 1 is 0.500 bits per heavy atom. The van der Waals surface area contributed by atoms with Crippen LogP contribution in [0.2, 0.25) is 0 Å². The third-order valence-electron chi connectivity index (χ3n) is 6.16. The van der Waals surface area contributed by atoms with Crippen LogP contribution in [-0.4, -0.2) is 24.1 Å². The first-order chi connectivity index (χ1) is 15.9. The van der Waals surface area contributed by atoms with Crippen LogP contribution >= 0.6 is 0 Å². The lowest BCUT2D eigenvalue weighted by Gasteiger charge is -2.08. The molecule has 5 heteroatoms. The molecule has 4 aromatic carbocycles. The molecule has 3 heterocycles. The predicted octanol–water partition coefficient (Wildman–Crippen LogP) is 6.07. The van der Waals surface area contributed by atoms with Gasteiger partial charge >= 0.3 is 0 Å². The van der Waals surface area contributed by atoms with E-state index in [0.29, 0.717) is 5.95 Å². The van der Waals surface area contributed by atoms with Crippen LogP contribution in [0, 0.1) is 0 Å². The smallest absolute Gasteiger partial charge is 0.237 e. The summed E-state index contributed by atoms with van der Waals surface area (Å²) in [7, 11) is 0. The standard InChI is InChI=1S/C27H17N5/c1-2-8-18(9-3-1)31-23-13-7-5-11-21(23)25-24(31)15-14-20-19-10-4-6-12-22(19)32(26(20)25)27-29-16-28-17-30-27/h1-17H. The summed E-state index contributed by atoms with van der Waals surface area (Å²) in [5.41, 5.74) is 5.66. The van der Waals surface area contributed by atoms with E-state index in [9.17, 15) is 0 Å². The molecular weight excluding hydrogens is 394 g/mol. The molecule has 0 N–H and O–H groups in total. The highest BCUT2D eigenvalue weighted by Gasteiger charge is 2.21. The SMILES string of the molecule is c1ccc(-n2c3ccccc3c3c2ccc2c4ccccc4n(-c4ncncn4)c23)cc1. The van der Waals surface area contributed by atoms with Crippen molar-refractivity contribution in [3.05, 3.63) is 104 Å². The van der Waals surface area contributed by atoms with Crippen LogP contribution in [0.5, 0.6) is 0 Å². The van der Waals surface area contributed by atoms with E-state index in [1.807, 2.05) is 6.07 Å². The van der Waals surface area contributed by atoms with Gasteiger partial charge < -0.3 is 4.57 Å². The molecule has 0 radical (unpaired) electrons. The maximum absolute atomic E-state index is 4.51. The number of hydrogen-bond donors (Lipinski definition) is 0. The Morgan fingerprint density at radius 2 is 1.16 bits per heavy atom. The van der Waals surface area contributed by atoms with Crippen LogP contribution in [0.3, 0.4) is 0 Å². The third kappa shape index (κ3) is 2.25. The summed E-state index contributed by atoms with van der Waals surface area (Å²) in [6.45, 7) is 0. The van der Waals surface area contributed by atoms with Gasteiger partial charge in [-0.1, -0.05) is 60.7 Å². The lowest BCUT2D eigenvalue weighted by molar-refractivity contribution is 0.941. The molecule has 7 rings (SSSR count). The van der Waals surface area contributed by atoms with Crippen molar-refractivity contribution in [1.29, 1.82) is 0 Å². The molecule has 7 aromatic rings. The van der Waals surface area contributed by atoms with Gasteiger partial charge in [0.2, 0.25) is 5.95 Å². The fourth-order valence-electron chi connectivity index (χ4n) is 4.92. The third-order valence-corrected chi connectivity index (χ3v) is 6.16. The van der Waals surface area contributed by atoms with Gasteiger partial charge in [0.25, 0.3) is 0 Å². The number of fused-ring (bicyclic) bond motifs is 7. The van der Waals surface area contributed by atoms with Crippen molar-refractivity contribution >= 4 is 43.6 Å². The number of nitrogens with zero attached hydrogens (tertiary/aromatic N) is 5. The second-order valence-corrected chi connectivity index (χ2v) is 7.83. The fraction of sp³-hybridized carbons (Fsp3) is 0. The summed E-state index contributed by atoms with van der Waals surface area (Å²) in [5, 5.41) is 4.76. The van der Waals surface area contributed by atoms with E-state index in [2.05, 4.69) is 109 Å². The van der Waals surface area contributed by atoms with Gasteiger partial charge in [0.05, 0.1) is 22.1 Å². The molecule has 3 aromatic heterocycles. The second-order valence-electron chi connectivity index (χ2n) is 7.83. The summed E-state index contributed by atoms with van der Waals surface area (Å²) < 4.78 is 4.50. The van der Waals surface area contributed by atoms with Gasteiger partial charge in [-0.25, -0.2) is 15.0 Å². The van der Waals surface area contributed by atoms with E-state index in [1.54, 1.807) is 12.7 Å². The number of para-hydroxylation sites is 3. The van der Waals surface area contributed by atoms with Gasteiger partial charge in [0.15, 0.2) is 0 Å². The zero-order valence-corrected chi connectivity index (χ0v) is 17.1. The maximum Gasteiger partial charge on any atom is 0.237 e. The summed E-state index contributed by atoms with van der Waals surface area (Å²) in [5.74, 6) is 0.621. The normalized spacial score (nSPS) is 11.8. The average molecular weight is 411 g/mol. The van der Waals surface area contributed by atoms with Crippen LogP contribution in [-0.2, 0) is 0 Å². The van der Waals surface area contributed by atoms with Gasteiger partial charge in [0.1, 0.15) is 12.7 Å². The first kappa shape index (κ1) is 17.2. The molecule has 0 aliphatic rings. The largest absolute Gasteiger partial charge is 0.309 e. The molecule has 0 atom stereocenters. The first-order valence-electron chi connectivity index (χ1n) is 10.5. The summed E-state index contributed by atoms with van der Waals surface area (Å²) in [4.78, 5) is 13.0. The minimum atomic E-state index is 0.621. The van der Waals surface area contributed by atoms with Crippen molar-refractivity contribution in [2.45, 2.75) is 0 Å². The van der Waals surface area contributed by atoms with Crippen LogP contribution in [0.15, 0.2) is 104 Å². The zero-order valence-electron chi connectivity index (χ0n) is 17.1. The Labute approximate surface area is 183 Å². The second kappa shape index (κ2) is 6.49. The van der Waals surface area contributed by atoms with Gasteiger partial charge in [-0.2, -0.15) is 0 Å². The van der Waals surface area contributed by atoms with Crippen LogP contribution < -0.4 is 0 Å². The Hall–Kier alpha value is -4.51. The van der Waals surface area contributed by atoms with E-state index in [0.717, 1.165) is 22.2 Å². The molecule has 0 fully saturated rings. The van der Waals surface area contributed by atoms with Crippen LogP contribution in [0.25, 0.3) is 55.2 Å². The molecule has 0 saturated heterocycles. The highest BCUT2D eigenvalue weighted by atomic mass is 15.2. The van der Waals surface area contributed by atoms with Crippen LogP contribution in [0.1, 0.15) is 0 Å². The molecule has 5 nitrogen and oxygen atoms in total. The molecule has 0 aliphatic heterocycles. The Kier molecular flexibility index (Phi) is 3.49. The molecule has 150 valence electrons. The van der Waals surface area contributed by atoms with E-state index in [1.165, 1.54) is 27.1 Å². The van der Waals surface area contributed by atoms with Crippen molar-refractivity contribution in [3.8, 4) is 11.6 Å². The highest BCUT2D eigenvalue weighted by molar-refractivity contribution is 6.26. The Balaban J connectivity index is 1.77. The summed E-state index contributed by atoms with van der Waals surface area (Å²) in [6.07, 6.45) is 3.10. The highest BCUT2D eigenvalue weighted by Crippen LogP contribution is 2.41. The minimum absolute atomic E-state index is 0.621. The maximum atomic E-state index is 4.51. The lowest BCUT2D eigenvalue weighted by Crippen LogP contribution is -2.01.